The van der Waals surface area contributed by atoms with E-state index in [0.717, 1.165) is 42.0 Å². The number of carbonyl (C=O) groups excluding carboxylic acids is 1. The lowest BCUT2D eigenvalue weighted by atomic mass is 9.83. The van der Waals surface area contributed by atoms with Crippen LogP contribution >= 0.6 is 0 Å². The van der Waals surface area contributed by atoms with Gasteiger partial charge in [0.25, 0.3) is 0 Å². The predicted molar refractivity (Wildman–Crippen MR) is 144 cm³/mol. The van der Waals surface area contributed by atoms with Crippen molar-refractivity contribution >= 4 is 27.9 Å². The Morgan fingerprint density at radius 3 is 2.49 bits per heavy atom. The van der Waals surface area contributed by atoms with E-state index in [9.17, 15) is 17.8 Å². The minimum atomic E-state index is -4.55. The molecule has 0 aliphatic carbocycles. The average Bonchev–Trinajstić information content (AvgIpc) is 3.08. The average molecular weight is 527 g/mol. The van der Waals surface area contributed by atoms with E-state index < -0.39 is 15.5 Å². The van der Waals surface area contributed by atoms with Crippen molar-refractivity contribution in [3.8, 4) is 0 Å². The van der Waals surface area contributed by atoms with Crippen LogP contribution in [-0.4, -0.2) is 32.6 Å². The lowest BCUT2D eigenvalue weighted by molar-refractivity contribution is -0.695. The zero-order valence-electron chi connectivity index (χ0n) is 22.5. The van der Waals surface area contributed by atoms with Gasteiger partial charge in [0.15, 0.2) is 6.20 Å². The summed E-state index contributed by atoms with van der Waals surface area (Å²) in [7, 11) is -3.18. The third kappa shape index (κ3) is 6.48. The number of aryl methyl sites for hydroxylation is 1. The molecule has 0 unspecified atom stereocenters. The Hall–Kier alpha value is -2.97. The molecule has 0 amide bonds. The fourth-order valence-electron chi connectivity index (χ4n) is 4.88. The van der Waals surface area contributed by atoms with Gasteiger partial charge < -0.3 is 14.2 Å². The second-order valence-corrected chi connectivity index (χ2v) is 11.2. The summed E-state index contributed by atoms with van der Waals surface area (Å²) in [6, 6.07) is 8.33. The maximum Gasteiger partial charge on any atom is 0.343 e. The number of carbonyl (C=O) groups is 1. The molecule has 0 saturated carbocycles. The molecule has 2 heterocycles. The second kappa shape index (κ2) is 12.0. The minimum Gasteiger partial charge on any atom is -0.744 e. The lowest BCUT2D eigenvalue weighted by Gasteiger charge is -2.27. The number of methoxy groups -OCH3 is 1. The third-order valence-corrected chi connectivity index (χ3v) is 7.81. The van der Waals surface area contributed by atoms with Crippen molar-refractivity contribution in [1.29, 1.82) is 0 Å². The van der Waals surface area contributed by atoms with Gasteiger partial charge in [-0.2, -0.15) is 4.57 Å². The summed E-state index contributed by atoms with van der Waals surface area (Å²) < 4.78 is 42.0. The molecule has 0 spiro atoms. The first-order valence-corrected chi connectivity index (χ1v) is 14.3. The smallest absolute Gasteiger partial charge is 0.343 e. The minimum absolute atomic E-state index is 0.200. The molecule has 7 nitrogen and oxygen atoms in total. The van der Waals surface area contributed by atoms with Crippen LogP contribution in [0.4, 0.5) is 5.69 Å². The molecule has 0 atom stereocenters. The van der Waals surface area contributed by atoms with Crippen LogP contribution in [-0.2, 0) is 26.8 Å². The first kappa shape index (κ1) is 28.6. The number of ether oxygens (including phenoxy) is 1. The SMILES string of the molecule is CCCCCCCN1/C(=C/C=C/c2ccc(C(=O)OC)c[n+]2CC)C(C)(C)c2cc(S(=O)(=O)[O-])ccc21. The van der Waals surface area contributed by atoms with Crippen molar-refractivity contribution in [3.63, 3.8) is 0 Å². The molecule has 2 aromatic rings. The molecule has 0 N–H and O–H groups in total. The number of hydrogen-bond donors (Lipinski definition) is 0. The van der Waals surface area contributed by atoms with Gasteiger partial charge in [-0.25, -0.2) is 13.2 Å². The molecule has 3 rings (SSSR count). The largest absolute Gasteiger partial charge is 0.744 e. The summed E-state index contributed by atoms with van der Waals surface area (Å²) in [5, 5.41) is 0. The van der Waals surface area contributed by atoms with E-state index in [4.69, 9.17) is 4.74 Å². The molecule has 0 saturated heterocycles. The van der Waals surface area contributed by atoms with Crippen molar-refractivity contribution in [3.05, 3.63) is 71.2 Å². The van der Waals surface area contributed by atoms with Crippen LogP contribution in [0.3, 0.4) is 0 Å². The number of allylic oxidation sites excluding steroid dienone is 3. The van der Waals surface area contributed by atoms with E-state index in [1.165, 1.54) is 38.5 Å². The van der Waals surface area contributed by atoms with E-state index in [2.05, 4.69) is 31.7 Å². The van der Waals surface area contributed by atoms with Crippen LogP contribution in [0.1, 0.15) is 81.4 Å². The Labute approximate surface area is 221 Å². The number of anilines is 1. The van der Waals surface area contributed by atoms with Gasteiger partial charge >= 0.3 is 5.97 Å². The van der Waals surface area contributed by atoms with Gasteiger partial charge in [-0.05, 0) is 49.2 Å². The molecule has 200 valence electrons. The van der Waals surface area contributed by atoms with Crippen LogP contribution in [0, 0.1) is 0 Å². The van der Waals surface area contributed by atoms with Gasteiger partial charge in [0.2, 0.25) is 5.69 Å². The first-order valence-electron chi connectivity index (χ1n) is 12.9. The van der Waals surface area contributed by atoms with Gasteiger partial charge in [-0.1, -0.05) is 52.5 Å². The number of hydrogen-bond acceptors (Lipinski definition) is 6. The zero-order valence-corrected chi connectivity index (χ0v) is 23.3. The number of esters is 1. The molecule has 1 aromatic heterocycles. The Bertz CT molecular complexity index is 1300. The highest BCUT2D eigenvalue weighted by atomic mass is 32.2. The number of nitrogens with zero attached hydrogens (tertiary/aromatic N) is 2. The van der Waals surface area contributed by atoms with Crippen LogP contribution in [0.25, 0.3) is 6.08 Å². The molecule has 0 radical (unpaired) electrons. The first-order chi connectivity index (χ1) is 17.5. The number of unbranched alkanes of at least 4 members (excludes halogenated alkanes) is 4. The summed E-state index contributed by atoms with van der Waals surface area (Å²) in [5.41, 5.74) is 3.77. The Kier molecular flexibility index (Phi) is 9.31. The molecule has 37 heavy (non-hydrogen) atoms. The normalized spacial score (nSPS) is 15.9. The number of aromatic nitrogens is 1. The molecule has 0 fully saturated rings. The molecule has 0 bridgehead atoms. The highest BCUT2D eigenvalue weighted by Crippen LogP contribution is 2.48. The van der Waals surface area contributed by atoms with Gasteiger partial charge in [0.1, 0.15) is 22.2 Å². The number of benzene rings is 1. The zero-order chi connectivity index (χ0) is 27.2. The topological polar surface area (TPSA) is 90.6 Å². The maximum absolute atomic E-state index is 11.9. The van der Waals surface area contributed by atoms with Gasteiger partial charge in [0, 0.05) is 35.5 Å². The Balaban J connectivity index is 1.97. The highest BCUT2D eigenvalue weighted by molar-refractivity contribution is 7.85. The van der Waals surface area contributed by atoms with Crippen molar-refractivity contribution in [1.82, 2.24) is 0 Å². The number of fused-ring (bicyclic) bond motifs is 1. The van der Waals surface area contributed by atoms with Crippen molar-refractivity contribution in [2.24, 2.45) is 0 Å². The highest BCUT2D eigenvalue weighted by Gasteiger charge is 2.40. The fourth-order valence-corrected chi connectivity index (χ4v) is 5.38. The second-order valence-electron chi connectivity index (χ2n) is 9.86. The van der Waals surface area contributed by atoms with Crippen molar-refractivity contribution in [2.45, 2.75) is 76.7 Å². The number of pyridine rings is 1. The van der Waals surface area contributed by atoms with Crippen LogP contribution in [0.15, 0.2) is 59.3 Å². The van der Waals surface area contributed by atoms with Gasteiger partial charge in [-0.3, -0.25) is 0 Å². The van der Waals surface area contributed by atoms with Crippen molar-refractivity contribution in [2.75, 3.05) is 18.6 Å². The van der Waals surface area contributed by atoms with E-state index in [0.29, 0.717) is 12.1 Å². The predicted octanol–water partition coefficient (Wildman–Crippen LogP) is 5.35. The summed E-state index contributed by atoms with van der Waals surface area (Å²) in [5.74, 6) is -0.376. The molecule has 1 aliphatic rings. The maximum atomic E-state index is 11.9. The molecule has 1 aromatic carbocycles. The van der Waals surface area contributed by atoms with E-state index >= 15 is 0 Å². The van der Waals surface area contributed by atoms with Crippen LogP contribution in [0.5, 0.6) is 0 Å². The van der Waals surface area contributed by atoms with E-state index in [1.807, 2.05) is 29.7 Å². The molecular formula is C29H38N2O5S. The monoisotopic (exact) mass is 526 g/mol. The van der Waals surface area contributed by atoms with Crippen molar-refractivity contribution < 1.29 is 27.1 Å². The van der Waals surface area contributed by atoms with E-state index in [-0.39, 0.29) is 10.9 Å². The molecule has 8 heteroatoms. The summed E-state index contributed by atoms with van der Waals surface area (Å²) >= 11 is 0. The summed E-state index contributed by atoms with van der Waals surface area (Å²) in [6.07, 6.45) is 13.5. The van der Waals surface area contributed by atoms with Gasteiger partial charge in [0.05, 0.1) is 12.0 Å². The van der Waals surface area contributed by atoms with Crippen LogP contribution in [0.2, 0.25) is 0 Å². The fraction of sp³-hybridized carbons (Fsp3) is 0.448. The summed E-state index contributed by atoms with van der Waals surface area (Å²) in [6.45, 7) is 9.82. The summed E-state index contributed by atoms with van der Waals surface area (Å²) in [4.78, 5) is 14.0. The Morgan fingerprint density at radius 2 is 1.84 bits per heavy atom. The standard InChI is InChI=1S/C29H38N2O5S/c1-6-8-9-10-11-19-31-26-18-17-24(37(33,34)35)20-25(26)29(3,4)27(31)14-12-13-23-16-15-22(28(32)36-5)21-30(23)7-2/h12-18,20-21H,6-11,19H2,1-5H3. The molecule has 1 aliphatic heterocycles. The molecular weight excluding hydrogens is 488 g/mol. The van der Waals surface area contributed by atoms with Crippen LogP contribution < -0.4 is 9.47 Å². The quantitative estimate of drug-likeness (QED) is 0.170. The Morgan fingerprint density at radius 1 is 1.11 bits per heavy atom. The lowest BCUT2D eigenvalue weighted by Crippen LogP contribution is -2.36. The van der Waals surface area contributed by atoms with Gasteiger partial charge in [-0.15, -0.1) is 0 Å². The third-order valence-electron chi connectivity index (χ3n) is 6.98. The number of rotatable bonds is 11. The van der Waals surface area contributed by atoms with E-state index in [1.54, 1.807) is 18.3 Å².